The van der Waals surface area contributed by atoms with Crippen LogP contribution in [0.1, 0.15) is 25.1 Å². The predicted octanol–water partition coefficient (Wildman–Crippen LogP) is 0.416. The first-order valence-electron chi connectivity index (χ1n) is 11.8. The highest BCUT2D eigenvalue weighted by molar-refractivity contribution is 5.97. The van der Waals surface area contributed by atoms with Gasteiger partial charge in [-0.1, -0.05) is 26.0 Å². The fourth-order valence-corrected chi connectivity index (χ4v) is 4.21. The first-order chi connectivity index (χ1) is 18.1. The van der Waals surface area contributed by atoms with Gasteiger partial charge < -0.3 is 30.7 Å². The molecule has 2 aromatic heterocycles. The molecule has 0 bridgehead atoms. The van der Waals surface area contributed by atoms with E-state index in [1.165, 1.54) is 40.9 Å². The third-order valence-electron chi connectivity index (χ3n) is 6.28. The van der Waals surface area contributed by atoms with Crippen LogP contribution in [-0.2, 0) is 31.1 Å². The molecule has 0 unspecified atom stereocenters. The van der Waals surface area contributed by atoms with E-state index in [4.69, 9.17) is 15.2 Å². The number of ether oxygens (including phenoxy) is 2. The molecule has 5 atom stereocenters. The van der Waals surface area contributed by atoms with Crippen LogP contribution in [0.25, 0.3) is 5.52 Å². The number of carbonyl (C=O) groups excluding carboxylic acids is 2. The number of esters is 1. The summed E-state index contributed by atoms with van der Waals surface area (Å²) in [5, 5.41) is 37.8. The molecular formula is C25H27FN6O6. The highest BCUT2D eigenvalue weighted by Gasteiger charge is 2.59. The van der Waals surface area contributed by atoms with E-state index in [-0.39, 0.29) is 23.4 Å². The van der Waals surface area contributed by atoms with Gasteiger partial charge in [0.2, 0.25) is 11.5 Å². The lowest BCUT2D eigenvalue weighted by Gasteiger charge is -2.25. The number of aliphatic hydroxyl groups excluding tert-OH is 2. The second-order valence-corrected chi connectivity index (χ2v) is 9.24. The summed E-state index contributed by atoms with van der Waals surface area (Å²) in [6.07, 6.45) is -2.88. The zero-order chi connectivity index (χ0) is 27.6. The molecule has 3 aromatic rings. The van der Waals surface area contributed by atoms with E-state index in [0.717, 1.165) is 6.33 Å². The standard InChI is InChI=1S/C25H27FN6O6/c1-13(2)24(36)37-20-18(10-33)38-25(11-27,21(20)34)19-8-7-17-22(29-12-30-32(17)19)31-23(35)16(28)9-14-3-5-15(26)6-4-14/h3-8,12-13,16,18,20-21,33-34H,9-10,28H2,1-2H3,(H,29,30,31,35)/t16-,18+,20+,21+,25-/m0/s1. The quantitative estimate of drug-likeness (QED) is 0.300. The summed E-state index contributed by atoms with van der Waals surface area (Å²) in [6, 6.07) is 9.53. The van der Waals surface area contributed by atoms with E-state index in [0.29, 0.717) is 5.56 Å². The number of halogens is 1. The van der Waals surface area contributed by atoms with Crippen LogP contribution in [0.5, 0.6) is 0 Å². The number of nitrogens with one attached hydrogen (secondary N) is 1. The Bertz CT molecular complexity index is 1370. The average Bonchev–Trinajstić information content (AvgIpc) is 3.45. The summed E-state index contributed by atoms with van der Waals surface area (Å²) >= 11 is 0. The van der Waals surface area contributed by atoms with Crippen molar-refractivity contribution in [2.24, 2.45) is 11.7 Å². The van der Waals surface area contributed by atoms with Crippen LogP contribution in [0.15, 0.2) is 42.7 Å². The van der Waals surface area contributed by atoms with Gasteiger partial charge in [-0.3, -0.25) is 9.59 Å². The molecule has 1 amide bonds. The van der Waals surface area contributed by atoms with Crippen molar-refractivity contribution in [2.45, 2.75) is 50.2 Å². The van der Waals surface area contributed by atoms with Crippen molar-refractivity contribution in [3.05, 3.63) is 59.8 Å². The summed E-state index contributed by atoms with van der Waals surface area (Å²) in [5.74, 6) is -2.03. The fraction of sp³-hybridized carbons (Fsp3) is 0.400. The van der Waals surface area contributed by atoms with Gasteiger partial charge in [0.25, 0.3) is 0 Å². The number of nitriles is 1. The molecule has 3 heterocycles. The minimum absolute atomic E-state index is 0.0672. The molecule has 4 rings (SSSR count). The van der Waals surface area contributed by atoms with Gasteiger partial charge in [0.15, 0.2) is 11.9 Å². The van der Waals surface area contributed by atoms with Gasteiger partial charge in [-0.2, -0.15) is 10.4 Å². The highest BCUT2D eigenvalue weighted by Crippen LogP contribution is 2.41. The molecule has 0 spiro atoms. The van der Waals surface area contributed by atoms with Crippen molar-refractivity contribution in [2.75, 3.05) is 11.9 Å². The van der Waals surface area contributed by atoms with E-state index in [1.807, 2.05) is 6.07 Å². The van der Waals surface area contributed by atoms with Crippen LogP contribution in [0.4, 0.5) is 10.2 Å². The van der Waals surface area contributed by atoms with Crippen molar-refractivity contribution < 1.29 is 33.7 Å². The topological polar surface area (TPSA) is 185 Å². The zero-order valence-corrected chi connectivity index (χ0v) is 20.6. The lowest BCUT2D eigenvalue weighted by atomic mass is 9.92. The number of aromatic nitrogens is 3. The van der Waals surface area contributed by atoms with Gasteiger partial charge in [-0.05, 0) is 36.2 Å². The molecule has 12 nitrogen and oxygen atoms in total. The lowest BCUT2D eigenvalue weighted by molar-refractivity contribution is -0.160. The number of benzene rings is 1. The van der Waals surface area contributed by atoms with Gasteiger partial charge in [-0.15, -0.1) is 0 Å². The van der Waals surface area contributed by atoms with Gasteiger partial charge in [-0.25, -0.2) is 13.9 Å². The van der Waals surface area contributed by atoms with Gasteiger partial charge in [0, 0.05) is 0 Å². The van der Waals surface area contributed by atoms with Crippen molar-refractivity contribution in [1.82, 2.24) is 14.6 Å². The van der Waals surface area contributed by atoms with Crippen LogP contribution >= 0.6 is 0 Å². The lowest BCUT2D eigenvalue weighted by Crippen LogP contribution is -2.43. The predicted molar refractivity (Wildman–Crippen MR) is 130 cm³/mol. The largest absolute Gasteiger partial charge is 0.456 e. The molecule has 1 saturated heterocycles. The number of anilines is 1. The second-order valence-electron chi connectivity index (χ2n) is 9.24. The summed E-state index contributed by atoms with van der Waals surface area (Å²) in [6.45, 7) is 2.59. The van der Waals surface area contributed by atoms with Crippen LogP contribution < -0.4 is 11.1 Å². The Labute approximate surface area is 216 Å². The number of aliphatic hydroxyl groups is 2. The average molecular weight is 527 g/mol. The summed E-state index contributed by atoms with van der Waals surface area (Å²) in [5.41, 5.74) is 4.97. The van der Waals surface area contributed by atoms with Crippen molar-refractivity contribution >= 4 is 23.2 Å². The molecule has 1 aliphatic rings. The van der Waals surface area contributed by atoms with E-state index in [1.54, 1.807) is 13.8 Å². The van der Waals surface area contributed by atoms with Crippen LogP contribution in [0.3, 0.4) is 0 Å². The van der Waals surface area contributed by atoms with Crippen LogP contribution in [-0.4, -0.2) is 67.6 Å². The first-order valence-corrected chi connectivity index (χ1v) is 11.8. The highest BCUT2D eigenvalue weighted by atomic mass is 19.1. The molecule has 1 aliphatic heterocycles. The molecule has 0 saturated carbocycles. The van der Waals surface area contributed by atoms with Crippen molar-refractivity contribution in [3.63, 3.8) is 0 Å². The number of fused-ring (bicyclic) bond motifs is 1. The van der Waals surface area contributed by atoms with Gasteiger partial charge in [0.1, 0.15) is 35.9 Å². The number of amides is 1. The molecular weight excluding hydrogens is 499 g/mol. The van der Waals surface area contributed by atoms with E-state index < -0.39 is 60.2 Å². The first kappa shape index (κ1) is 27.1. The Balaban J connectivity index is 1.61. The Hall–Kier alpha value is -3.96. The molecule has 1 fully saturated rings. The SMILES string of the molecule is CC(C)C(=O)O[C@H]1[C@@H](O)[C@](C#N)(c2ccc3c(NC(=O)[C@@H](N)Cc4ccc(F)cc4)ncnn23)O[C@@H]1CO. The van der Waals surface area contributed by atoms with E-state index >= 15 is 0 Å². The van der Waals surface area contributed by atoms with Crippen molar-refractivity contribution in [3.8, 4) is 6.07 Å². The third-order valence-corrected chi connectivity index (χ3v) is 6.28. The number of hydrogen-bond acceptors (Lipinski definition) is 10. The van der Waals surface area contributed by atoms with Crippen LogP contribution in [0.2, 0.25) is 0 Å². The minimum Gasteiger partial charge on any atom is -0.456 e. The number of nitrogens with two attached hydrogens (primary N) is 1. The third kappa shape index (κ3) is 4.94. The normalized spacial score (nSPS) is 23.8. The Morgan fingerprint density at radius 2 is 2.03 bits per heavy atom. The molecule has 200 valence electrons. The number of carbonyl (C=O) groups is 2. The van der Waals surface area contributed by atoms with Gasteiger partial charge >= 0.3 is 5.97 Å². The van der Waals surface area contributed by atoms with E-state index in [2.05, 4.69) is 15.4 Å². The number of nitrogens with zero attached hydrogens (tertiary/aromatic N) is 4. The Kier molecular flexibility index (Phi) is 7.70. The van der Waals surface area contributed by atoms with Crippen LogP contribution in [0, 0.1) is 23.1 Å². The monoisotopic (exact) mass is 526 g/mol. The summed E-state index contributed by atoms with van der Waals surface area (Å²) < 4.78 is 25.5. The van der Waals surface area contributed by atoms with E-state index in [9.17, 15) is 29.5 Å². The molecule has 5 N–H and O–H groups in total. The summed E-state index contributed by atoms with van der Waals surface area (Å²) in [4.78, 5) is 29.1. The maximum Gasteiger partial charge on any atom is 0.308 e. The molecule has 0 radical (unpaired) electrons. The van der Waals surface area contributed by atoms with Crippen molar-refractivity contribution in [1.29, 1.82) is 5.26 Å². The van der Waals surface area contributed by atoms with Gasteiger partial charge in [0.05, 0.1) is 24.3 Å². The Morgan fingerprint density at radius 3 is 2.66 bits per heavy atom. The number of hydrogen-bond donors (Lipinski definition) is 4. The maximum absolute atomic E-state index is 13.2. The molecule has 38 heavy (non-hydrogen) atoms. The smallest absolute Gasteiger partial charge is 0.308 e. The minimum atomic E-state index is -2.06. The Morgan fingerprint density at radius 1 is 1.32 bits per heavy atom. The molecule has 1 aromatic carbocycles. The second kappa shape index (κ2) is 10.8. The molecule has 13 heteroatoms. The molecule has 0 aliphatic carbocycles. The number of rotatable bonds is 8. The fourth-order valence-electron chi connectivity index (χ4n) is 4.21. The zero-order valence-electron chi connectivity index (χ0n) is 20.6. The maximum atomic E-state index is 13.2. The summed E-state index contributed by atoms with van der Waals surface area (Å²) in [7, 11) is 0.